The molecule has 1 atom stereocenters. The zero-order valence-corrected chi connectivity index (χ0v) is 16.3. The summed E-state index contributed by atoms with van der Waals surface area (Å²) < 4.78 is 21.1. The van der Waals surface area contributed by atoms with Crippen LogP contribution in [0.15, 0.2) is 24.4 Å². The fourth-order valence-corrected chi connectivity index (χ4v) is 3.49. The molecule has 1 N–H and O–H groups in total. The van der Waals surface area contributed by atoms with Crippen LogP contribution in [0.25, 0.3) is 0 Å². The van der Waals surface area contributed by atoms with Gasteiger partial charge in [0.1, 0.15) is 17.6 Å². The number of pyridine rings is 1. The first-order chi connectivity index (χ1) is 13.6. The molecule has 4 rings (SSSR count). The van der Waals surface area contributed by atoms with Crippen LogP contribution in [-0.4, -0.2) is 74.9 Å². The highest BCUT2D eigenvalue weighted by Gasteiger charge is 2.29. The molecule has 2 saturated heterocycles. The lowest BCUT2D eigenvalue weighted by atomic mass is 10.2. The molecule has 0 amide bonds. The van der Waals surface area contributed by atoms with Crippen LogP contribution in [0, 0.1) is 5.82 Å². The molecule has 2 aromatic heterocycles. The lowest BCUT2D eigenvalue weighted by Gasteiger charge is -2.36. The van der Waals surface area contributed by atoms with Gasteiger partial charge >= 0.3 is 0 Å². The number of halogens is 1. The van der Waals surface area contributed by atoms with Crippen LogP contribution in [0.1, 0.15) is 11.8 Å². The number of aromatic nitrogens is 3. The van der Waals surface area contributed by atoms with Crippen molar-refractivity contribution >= 4 is 17.6 Å². The summed E-state index contributed by atoms with van der Waals surface area (Å²) in [6.07, 6.45) is 1.39. The quantitative estimate of drug-likeness (QED) is 0.835. The van der Waals surface area contributed by atoms with Crippen LogP contribution in [0.5, 0.6) is 0 Å². The third-order valence-electron chi connectivity index (χ3n) is 5.03. The van der Waals surface area contributed by atoms with Crippen molar-refractivity contribution in [1.29, 1.82) is 0 Å². The van der Waals surface area contributed by atoms with E-state index in [1.54, 1.807) is 11.1 Å². The van der Waals surface area contributed by atoms with Gasteiger partial charge in [0.25, 0.3) is 0 Å². The van der Waals surface area contributed by atoms with Crippen molar-refractivity contribution in [3.63, 3.8) is 0 Å². The second-order valence-electron chi connectivity index (χ2n) is 7.17. The van der Waals surface area contributed by atoms with Crippen LogP contribution in [-0.2, 0) is 4.74 Å². The maximum Gasteiger partial charge on any atom is 0.227 e. The molecule has 0 spiro atoms. The Morgan fingerprint density at radius 2 is 1.93 bits per heavy atom. The Hall–Kier alpha value is -2.52. The van der Waals surface area contributed by atoms with E-state index in [1.807, 2.05) is 37.2 Å². The molecule has 0 saturated carbocycles. The molecule has 150 valence electrons. The first kappa shape index (κ1) is 18.8. The Morgan fingerprint density at radius 1 is 1.14 bits per heavy atom. The van der Waals surface area contributed by atoms with Gasteiger partial charge in [-0.15, -0.1) is 0 Å². The van der Waals surface area contributed by atoms with Gasteiger partial charge < -0.3 is 24.8 Å². The second-order valence-corrected chi connectivity index (χ2v) is 7.17. The summed E-state index contributed by atoms with van der Waals surface area (Å²) >= 11 is 0. The lowest BCUT2D eigenvalue weighted by molar-refractivity contribution is 0.0226. The van der Waals surface area contributed by atoms with Gasteiger partial charge in [0.15, 0.2) is 11.6 Å². The van der Waals surface area contributed by atoms with Crippen molar-refractivity contribution in [2.24, 2.45) is 0 Å². The smallest absolute Gasteiger partial charge is 0.227 e. The van der Waals surface area contributed by atoms with Gasteiger partial charge in [0.05, 0.1) is 6.61 Å². The van der Waals surface area contributed by atoms with Gasteiger partial charge in [-0.25, -0.2) is 14.4 Å². The SMILES string of the molecule is CN(C)c1nc(C2CNCCO2)c(F)c(N2CCN(c3ccccn3)CC2)n1. The van der Waals surface area contributed by atoms with Crippen molar-refractivity contribution in [1.82, 2.24) is 20.3 Å². The molecule has 28 heavy (non-hydrogen) atoms. The van der Waals surface area contributed by atoms with Crippen molar-refractivity contribution < 1.29 is 9.13 Å². The number of hydrogen-bond acceptors (Lipinski definition) is 8. The number of morpholine rings is 1. The fourth-order valence-electron chi connectivity index (χ4n) is 3.49. The van der Waals surface area contributed by atoms with Crippen LogP contribution < -0.4 is 20.0 Å². The summed E-state index contributed by atoms with van der Waals surface area (Å²) in [6, 6.07) is 5.88. The number of hydrogen-bond donors (Lipinski definition) is 1. The highest BCUT2D eigenvalue weighted by molar-refractivity contribution is 5.50. The molecule has 0 aromatic carbocycles. The van der Waals surface area contributed by atoms with E-state index in [0.717, 1.165) is 25.5 Å². The molecule has 8 nitrogen and oxygen atoms in total. The molecule has 0 aliphatic carbocycles. The van der Waals surface area contributed by atoms with Crippen LogP contribution >= 0.6 is 0 Å². The topological polar surface area (TPSA) is 69.7 Å². The molecule has 2 aromatic rings. The van der Waals surface area contributed by atoms with Gasteiger partial charge in [0.2, 0.25) is 5.95 Å². The first-order valence-corrected chi connectivity index (χ1v) is 9.61. The molecule has 2 aliphatic heterocycles. The van der Waals surface area contributed by atoms with Crippen molar-refractivity contribution in [3.05, 3.63) is 35.9 Å². The third kappa shape index (κ3) is 3.85. The van der Waals surface area contributed by atoms with Gasteiger partial charge in [-0.1, -0.05) is 6.07 Å². The maximum absolute atomic E-state index is 15.4. The van der Waals surface area contributed by atoms with E-state index < -0.39 is 6.10 Å². The zero-order valence-electron chi connectivity index (χ0n) is 16.3. The van der Waals surface area contributed by atoms with E-state index in [-0.39, 0.29) is 5.82 Å². The predicted molar refractivity (Wildman–Crippen MR) is 107 cm³/mol. The number of rotatable bonds is 4. The molecule has 0 radical (unpaired) electrons. The summed E-state index contributed by atoms with van der Waals surface area (Å²) in [5.74, 6) is 1.41. The van der Waals surface area contributed by atoms with E-state index >= 15 is 4.39 Å². The molecule has 1 unspecified atom stereocenters. The molecular weight excluding hydrogens is 361 g/mol. The highest BCUT2D eigenvalue weighted by Crippen LogP contribution is 2.29. The van der Waals surface area contributed by atoms with Gasteiger partial charge in [-0.2, -0.15) is 4.98 Å². The standard InChI is InChI=1S/C19H26FN7O/c1-25(2)19-23-17(14-13-21-7-12-28-14)16(20)18(24-19)27-10-8-26(9-11-27)15-5-3-4-6-22-15/h3-6,14,21H,7-13H2,1-2H3. The van der Waals surface area contributed by atoms with E-state index in [9.17, 15) is 0 Å². The van der Waals surface area contributed by atoms with E-state index in [1.165, 1.54) is 0 Å². The predicted octanol–water partition coefficient (Wildman–Crippen LogP) is 1.06. The summed E-state index contributed by atoms with van der Waals surface area (Å²) in [5.41, 5.74) is 0.327. The van der Waals surface area contributed by atoms with Crippen LogP contribution in [0.4, 0.5) is 22.0 Å². The Morgan fingerprint density at radius 3 is 2.57 bits per heavy atom. The Labute approximate surface area is 164 Å². The summed E-state index contributed by atoms with van der Waals surface area (Å²) in [4.78, 5) is 19.3. The maximum atomic E-state index is 15.4. The minimum Gasteiger partial charge on any atom is -0.369 e. The summed E-state index contributed by atoms with van der Waals surface area (Å²) in [7, 11) is 3.72. The molecular formula is C19H26FN7O. The average Bonchev–Trinajstić information content (AvgIpc) is 2.75. The number of ether oxygens (including phenoxy) is 1. The van der Waals surface area contributed by atoms with Crippen molar-refractivity contribution in [2.45, 2.75) is 6.10 Å². The molecule has 2 aliphatic rings. The number of piperazine rings is 1. The highest BCUT2D eigenvalue weighted by atomic mass is 19.1. The van der Waals surface area contributed by atoms with Gasteiger partial charge in [0, 0.05) is 59.6 Å². The zero-order chi connectivity index (χ0) is 19.5. The largest absolute Gasteiger partial charge is 0.369 e. The van der Waals surface area contributed by atoms with Gasteiger partial charge in [-0.3, -0.25) is 0 Å². The van der Waals surface area contributed by atoms with Crippen molar-refractivity contribution in [3.8, 4) is 0 Å². The van der Waals surface area contributed by atoms with E-state index in [2.05, 4.69) is 25.2 Å². The minimum absolute atomic E-state index is 0.327. The molecule has 9 heteroatoms. The number of nitrogens with one attached hydrogen (secondary N) is 1. The number of nitrogens with zero attached hydrogens (tertiary/aromatic N) is 6. The normalized spacial score (nSPS) is 20.3. The minimum atomic E-state index is -0.399. The number of anilines is 3. The first-order valence-electron chi connectivity index (χ1n) is 9.61. The van der Waals surface area contributed by atoms with Gasteiger partial charge in [-0.05, 0) is 12.1 Å². The van der Waals surface area contributed by atoms with Crippen LogP contribution in [0.3, 0.4) is 0 Å². The summed E-state index contributed by atoms with van der Waals surface area (Å²) in [6.45, 7) is 4.72. The van der Waals surface area contributed by atoms with Crippen LogP contribution in [0.2, 0.25) is 0 Å². The second kappa shape index (κ2) is 8.24. The monoisotopic (exact) mass is 387 g/mol. The van der Waals surface area contributed by atoms with Crippen molar-refractivity contribution in [2.75, 3.05) is 74.7 Å². The van der Waals surface area contributed by atoms with E-state index in [4.69, 9.17) is 4.74 Å². The Balaban J connectivity index is 1.57. The molecule has 4 heterocycles. The molecule has 2 fully saturated rings. The molecule has 0 bridgehead atoms. The third-order valence-corrected chi connectivity index (χ3v) is 5.03. The van der Waals surface area contributed by atoms with E-state index in [0.29, 0.717) is 43.7 Å². The fraction of sp³-hybridized carbons (Fsp3) is 0.526. The average molecular weight is 387 g/mol. The summed E-state index contributed by atoms with van der Waals surface area (Å²) in [5, 5.41) is 3.24. The lowest BCUT2D eigenvalue weighted by Crippen LogP contribution is -2.47. The Kier molecular flexibility index (Phi) is 5.54. The Bertz CT molecular complexity index is 790.